The van der Waals surface area contributed by atoms with Crippen molar-refractivity contribution in [2.75, 3.05) is 13.1 Å². The molecule has 0 aromatic rings. The van der Waals surface area contributed by atoms with Crippen molar-refractivity contribution < 1.29 is 4.43 Å². The summed E-state index contributed by atoms with van der Waals surface area (Å²) in [6.07, 6.45) is 5.10. The van der Waals surface area contributed by atoms with Crippen LogP contribution in [0.15, 0.2) is 0 Å². The van der Waals surface area contributed by atoms with E-state index in [0.717, 1.165) is 25.9 Å². The molecule has 4 N–H and O–H groups in total. The number of nitrogens with two attached hydrogens (primary N) is 2. The monoisotopic (exact) mass is 230 g/mol. The van der Waals surface area contributed by atoms with Gasteiger partial charge in [-0.15, -0.1) is 0 Å². The van der Waals surface area contributed by atoms with Gasteiger partial charge in [-0.25, -0.2) is 0 Å². The van der Waals surface area contributed by atoms with E-state index >= 15 is 0 Å². The van der Waals surface area contributed by atoms with E-state index in [1.165, 1.54) is 18.9 Å². The van der Waals surface area contributed by atoms with E-state index in [2.05, 4.69) is 13.1 Å². The van der Waals surface area contributed by atoms with Gasteiger partial charge in [0.05, 0.1) is 0 Å². The van der Waals surface area contributed by atoms with Crippen molar-refractivity contribution in [1.82, 2.24) is 0 Å². The zero-order valence-electron chi connectivity index (χ0n) is 10.2. The standard InChI is InChI=1S/C11H26N2OSi/c1-15(2)9-3-4-11(14-15)10(5-7-12)6-8-13/h10-11H,3-9,12-13H2,1-2H3. The van der Waals surface area contributed by atoms with Crippen LogP contribution >= 0.6 is 0 Å². The van der Waals surface area contributed by atoms with Crippen molar-refractivity contribution in [2.24, 2.45) is 17.4 Å². The van der Waals surface area contributed by atoms with Crippen LogP contribution < -0.4 is 11.5 Å². The Kier molecular flexibility index (Phi) is 5.25. The normalized spacial score (nSPS) is 25.8. The minimum Gasteiger partial charge on any atom is -0.414 e. The Hall–Kier alpha value is 0.0969. The van der Waals surface area contributed by atoms with Gasteiger partial charge in [0.15, 0.2) is 8.32 Å². The average Bonchev–Trinajstić information content (AvgIpc) is 2.16. The van der Waals surface area contributed by atoms with Crippen LogP contribution in [-0.2, 0) is 4.43 Å². The molecule has 1 atom stereocenters. The Balaban J connectivity index is 2.50. The van der Waals surface area contributed by atoms with E-state index in [0.29, 0.717) is 12.0 Å². The molecule has 0 aliphatic carbocycles. The molecule has 0 amide bonds. The third-order valence-electron chi connectivity index (χ3n) is 3.34. The lowest BCUT2D eigenvalue weighted by Gasteiger charge is -2.38. The lowest BCUT2D eigenvalue weighted by molar-refractivity contribution is 0.0916. The van der Waals surface area contributed by atoms with E-state index in [1.54, 1.807) is 0 Å². The van der Waals surface area contributed by atoms with Crippen molar-refractivity contribution in [3.8, 4) is 0 Å². The highest BCUT2D eigenvalue weighted by molar-refractivity contribution is 6.71. The predicted molar refractivity (Wildman–Crippen MR) is 67.2 cm³/mol. The highest BCUT2D eigenvalue weighted by Crippen LogP contribution is 2.31. The fraction of sp³-hybridized carbons (Fsp3) is 1.00. The Labute approximate surface area is 94.7 Å². The molecule has 1 fully saturated rings. The molecule has 1 rings (SSSR count). The van der Waals surface area contributed by atoms with Gasteiger partial charge in [-0.3, -0.25) is 0 Å². The summed E-state index contributed by atoms with van der Waals surface area (Å²) in [6, 6.07) is 1.31. The van der Waals surface area contributed by atoms with E-state index in [9.17, 15) is 0 Å². The second kappa shape index (κ2) is 5.99. The Morgan fingerprint density at radius 2 is 1.87 bits per heavy atom. The topological polar surface area (TPSA) is 61.3 Å². The molecule has 90 valence electrons. The average molecular weight is 230 g/mol. The Morgan fingerprint density at radius 1 is 1.27 bits per heavy atom. The smallest absolute Gasteiger partial charge is 0.187 e. The molecular formula is C11H26N2OSi. The molecule has 1 aliphatic heterocycles. The third kappa shape index (κ3) is 4.22. The van der Waals surface area contributed by atoms with Gasteiger partial charge in [0.1, 0.15) is 0 Å². The van der Waals surface area contributed by atoms with Crippen LogP contribution in [0.3, 0.4) is 0 Å². The quantitative estimate of drug-likeness (QED) is 0.707. The van der Waals surface area contributed by atoms with Crippen molar-refractivity contribution in [3.63, 3.8) is 0 Å². The number of hydrogen-bond donors (Lipinski definition) is 2. The molecule has 4 heteroatoms. The number of rotatable bonds is 5. The van der Waals surface area contributed by atoms with Crippen LogP contribution in [0.1, 0.15) is 25.7 Å². The van der Waals surface area contributed by atoms with Crippen molar-refractivity contribution in [3.05, 3.63) is 0 Å². The van der Waals surface area contributed by atoms with E-state index in [1.807, 2.05) is 0 Å². The summed E-state index contributed by atoms with van der Waals surface area (Å²) in [6.45, 7) is 6.15. The molecule has 1 heterocycles. The maximum Gasteiger partial charge on any atom is 0.187 e. The molecule has 0 radical (unpaired) electrons. The van der Waals surface area contributed by atoms with E-state index < -0.39 is 8.32 Å². The van der Waals surface area contributed by atoms with Gasteiger partial charge in [0.2, 0.25) is 0 Å². The van der Waals surface area contributed by atoms with Crippen LogP contribution in [0.4, 0.5) is 0 Å². The van der Waals surface area contributed by atoms with Gasteiger partial charge in [-0.05, 0) is 57.4 Å². The van der Waals surface area contributed by atoms with E-state index in [-0.39, 0.29) is 0 Å². The first-order chi connectivity index (χ1) is 7.09. The van der Waals surface area contributed by atoms with Crippen LogP contribution in [0.2, 0.25) is 19.1 Å². The van der Waals surface area contributed by atoms with E-state index in [4.69, 9.17) is 15.9 Å². The second-order valence-electron chi connectivity index (χ2n) is 5.22. The molecule has 1 saturated heterocycles. The molecule has 3 nitrogen and oxygen atoms in total. The highest BCUT2D eigenvalue weighted by Gasteiger charge is 2.34. The zero-order chi connectivity index (χ0) is 11.3. The number of hydrogen-bond acceptors (Lipinski definition) is 3. The summed E-state index contributed by atoms with van der Waals surface area (Å²) in [5.74, 6) is 0.590. The third-order valence-corrected chi connectivity index (χ3v) is 5.84. The molecule has 0 aromatic carbocycles. The Morgan fingerprint density at radius 3 is 2.33 bits per heavy atom. The first-order valence-electron chi connectivity index (χ1n) is 6.17. The van der Waals surface area contributed by atoms with Crippen molar-refractivity contribution in [1.29, 1.82) is 0 Å². The summed E-state index contributed by atoms with van der Waals surface area (Å²) in [5, 5.41) is 0. The fourth-order valence-electron chi connectivity index (χ4n) is 2.53. The lowest BCUT2D eigenvalue weighted by Crippen LogP contribution is -2.43. The molecule has 0 saturated carbocycles. The summed E-state index contributed by atoms with van der Waals surface area (Å²) >= 11 is 0. The maximum atomic E-state index is 6.27. The van der Waals surface area contributed by atoms with Gasteiger partial charge in [-0.1, -0.05) is 6.42 Å². The molecule has 1 aliphatic rings. The summed E-state index contributed by atoms with van der Waals surface area (Å²) in [4.78, 5) is 0. The van der Waals surface area contributed by atoms with Gasteiger partial charge >= 0.3 is 0 Å². The predicted octanol–water partition coefficient (Wildman–Crippen LogP) is 1.68. The van der Waals surface area contributed by atoms with Crippen LogP contribution in [0.5, 0.6) is 0 Å². The largest absolute Gasteiger partial charge is 0.414 e. The molecule has 1 unspecified atom stereocenters. The van der Waals surface area contributed by atoms with Crippen molar-refractivity contribution >= 4 is 8.32 Å². The molecule has 0 aromatic heterocycles. The molecule has 0 bridgehead atoms. The zero-order valence-corrected chi connectivity index (χ0v) is 11.2. The summed E-state index contributed by atoms with van der Waals surface area (Å²) in [7, 11) is -1.36. The highest BCUT2D eigenvalue weighted by atomic mass is 28.4. The molecular weight excluding hydrogens is 204 g/mol. The maximum absolute atomic E-state index is 6.27. The van der Waals surface area contributed by atoms with Crippen LogP contribution in [0.25, 0.3) is 0 Å². The van der Waals surface area contributed by atoms with Gasteiger partial charge in [0.25, 0.3) is 0 Å². The first-order valence-corrected chi connectivity index (χ1v) is 9.28. The summed E-state index contributed by atoms with van der Waals surface area (Å²) in [5.41, 5.74) is 11.3. The lowest BCUT2D eigenvalue weighted by atomic mass is 9.92. The van der Waals surface area contributed by atoms with Gasteiger partial charge < -0.3 is 15.9 Å². The minimum absolute atomic E-state index is 0.438. The Bertz CT molecular complexity index is 181. The SMILES string of the molecule is C[Si]1(C)CCCC(C(CCN)CCN)O1. The van der Waals surface area contributed by atoms with Crippen molar-refractivity contribution in [2.45, 2.75) is 50.9 Å². The van der Waals surface area contributed by atoms with Gasteiger partial charge in [-0.2, -0.15) is 0 Å². The van der Waals surface area contributed by atoms with Gasteiger partial charge in [0, 0.05) is 6.10 Å². The first kappa shape index (κ1) is 13.2. The second-order valence-corrected chi connectivity index (χ2v) is 9.48. The minimum atomic E-state index is -1.36. The molecule has 15 heavy (non-hydrogen) atoms. The fourth-order valence-corrected chi connectivity index (χ4v) is 4.84. The van der Waals surface area contributed by atoms with Crippen LogP contribution in [-0.4, -0.2) is 27.5 Å². The molecule has 0 spiro atoms. The summed E-state index contributed by atoms with van der Waals surface area (Å²) < 4.78 is 6.27. The van der Waals surface area contributed by atoms with Crippen LogP contribution in [0, 0.1) is 5.92 Å².